The first kappa shape index (κ1) is 21.2. The van der Waals surface area contributed by atoms with Crippen LogP contribution >= 0.6 is 0 Å². The van der Waals surface area contributed by atoms with E-state index in [0.29, 0.717) is 28.3 Å². The molecule has 0 bridgehead atoms. The molecule has 0 aromatic heterocycles. The van der Waals surface area contributed by atoms with Crippen LogP contribution in [0.15, 0.2) is 72.4 Å². The third-order valence-corrected chi connectivity index (χ3v) is 5.36. The lowest BCUT2D eigenvalue weighted by atomic mass is 10.0. The van der Waals surface area contributed by atoms with Crippen LogP contribution in [0.4, 0.5) is 11.4 Å². The maximum atomic E-state index is 13.6. The number of amides is 2. The van der Waals surface area contributed by atoms with Crippen molar-refractivity contribution in [3.63, 3.8) is 0 Å². The van der Waals surface area contributed by atoms with Crippen molar-refractivity contribution in [3.05, 3.63) is 89.1 Å². The fourth-order valence-corrected chi connectivity index (χ4v) is 3.65. The van der Waals surface area contributed by atoms with E-state index >= 15 is 0 Å². The summed E-state index contributed by atoms with van der Waals surface area (Å²) in [5.41, 5.74) is 4.26. The lowest BCUT2D eigenvalue weighted by molar-refractivity contribution is -0.120. The highest BCUT2D eigenvalue weighted by Crippen LogP contribution is 2.38. The number of carbonyl (C=O) groups excluding carboxylic acids is 2. The maximum absolute atomic E-state index is 13.6. The number of nitrogens with zero attached hydrogens (tertiary/aromatic N) is 1. The van der Waals surface area contributed by atoms with Gasteiger partial charge in [0.15, 0.2) is 0 Å². The molecule has 0 saturated carbocycles. The van der Waals surface area contributed by atoms with Gasteiger partial charge in [-0.2, -0.15) is 0 Å². The molecule has 0 spiro atoms. The SMILES string of the molecule is COc1ccc(C2=C(Nc3ccc(C)cc3)C(=O)N(c3cc(C)ccc3OC)C2=O)cc1. The third kappa shape index (κ3) is 3.83. The summed E-state index contributed by atoms with van der Waals surface area (Å²) in [5, 5.41) is 3.17. The van der Waals surface area contributed by atoms with Gasteiger partial charge in [0.1, 0.15) is 17.2 Å². The first-order chi connectivity index (χ1) is 15.4. The molecule has 0 unspecified atom stereocenters. The Morgan fingerprint density at radius 3 is 2.03 bits per heavy atom. The molecule has 0 saturated heterocycles. The quantitative estimate of drug-likeness (QED) is 0.576. The summed E-state index contributed by atoms with van der Waals surface area (Å²) in [5.74, 6) is 0.253. The van der Waals surface area contributed by atoms with Crippen molar-refractivity contribution in [2.45, 2.75) is 13.8 Å². The third-order valence-electron chi connectivity index (χ3n) is 5.36. The Morgan fingerprint density at radius 2 is 1.41 bits per heavy atom. The Hall–Kier alpha value is -4.06. The minimum Gasteiger partial charge on any atom is -0.497 e. The van der Waals surface area contributed by atoms with Gasteiger partial charge in [-0.05, 0) is 61.4 Å². The molecule has 3 aromatic rings. The van der Waals surface area contributed by atoms with Gasteiger partial charge in [-0.15, -0.1) is 0 Å². The molecular formula is C26H24N2O4. The second-order valence-electron chi connectivity index (χ2n) is 7.59. The van der Waals surface area contributed by atoms with Gasteiger partial charge in [0, 0.05) is 5.69 Å². The van der Waals surface area contributed by atoms with E-state index in [0.717, 1.165) is 16.8 Å². The standard InChI is InChI=1S/C26H24N2O4/c1-16-5-10-19(11-6-16)27-24-23(18-8-12-20(31-3)13-9-18)25(29)28(26(24)30)21-15-17(2)7-14-22(21)32-4/h5-15,27H,1-4H3. The van der Waals surface area contributed by atoms with Crippen molar-refractivity contribution in [3.8, 4) is 11.5 Å². The van der Waals surface area contributed by atoms with Gasteiger partial charge in [-0.25, -0.2) is 4.90 Å². The van der Waals surface area contributed by atoms with E-state index in [9.17, 15) is 9.59 Å². The molecule has 32 heavy (non-hydrogen) atoms. The maximum Gasteiger partial charge on any atom is 0.282 e. The minimum absolute atomic E-state index is 0.215. The van der Waals surface area contributed by atoms with E-state index in [-0.39, 0.29) is 5.70 Å². The summed E-state index contributed by atoms with van der Waals surface area (Å²) >= 11 is 0. The van der Waals surface area contributed by atoms with E-state index in [1.807, 2.05) is 44.2 Å². The van der Waals surface area contributed by atoms with Crippen molar-refractivity contribution >= 4 is 28.8 Å². The van der Waals surface area contributed by atoms with Gasteiger partial charge >= 0.3 is 0 Å². The molecular weight excluding hydrogens is 404 g/mol. The molecule has 1 heterocycles. The van der Waals surface area contributed by atoms with Crippen molar-refractivity contribution in [1.82, 2.24) is 0 Å². The fraction of sp³-hybridized carbons (Fsp3) is 0.154. The van der Waals surface area contributed by atoms with E-state index in [1.54, 1.807) is 43.5 Å². The normalized spacial score (nSPS) is 13.6. The van der Waals surface area contributed by atoms with E-state index in [1.165, 1.54) is 12.0 Å². The average molecular weight is 428 g/mol. The summed E-state index contributed by atoms with van der Waals surface area (Å²) in [7, 11) is 3.09. The number of nitrogens with one attached hydrogen (secondary N) is 1. The molecule has 1 aliphatic heterocycles. The number of ether oxygens (including phenoxy) is 2. The molecule has 2 amide bonds. The largest absolute Gasteiger partial charge is 0.497 e. The van der Waals surface area contributed by atoms with Crippen LogP contribution in [0.3, 0.4) is 0 Å². The van der Waals surface area contributed by atoms with Crippen LogP contribution in [0.25, 0.3) is 5.57 Å². The first-order valence-corrected chi connectivity index (χ1v) is 10.2. The second-order valence-corrected chi connectivity index (χ2v) is 7.59. The molecule has 3 aromatic carbocycles. The number of methoxy groups -OCH3 is 2. The highest BCUT2D eigenvalue weighted by atomic mass is 16.5. The van der Waals surface area contributed by atoms with E-state index in [4.69, 9.17) is 9.47 Å². The number of imide groups is 1. The highest BCUT2D eigenvalue weighted by Gasteiger charge is 2.41. The van der Waals surface area contributed by atoms with Crippen LogP contribution < -0.4 is 19.7 Å². The van der Waals surface area contributed by atoms with E-state index in [2.05, 4.69) is 5.32 Å². The molecule has 1 aliphatic rings. The molecule has 0 aliphatic carbocycles. The van der Waals surface area contributed by atoms with Crippen LogP contribution in [0.1, 0.15) is 16.7 Å². The minimum atomic E-state index is -0.440. The molecule has 6 heteroatoms. The number of benzene rings is 3. The molecule has 162 valence electrons. The van der Waals surface area contributed by atoms with E-state index < -0.39 is 11.8 Å². The zero-order chi connectivity index (χ0) is 22.8. The van der Waals surface area contributed by atoms with Crippen molar-refractivity contribution < 1.29 is 19.1 Å². The van der Waals surface area contributed by atoms with Crippen molar-refractivity contribution in [2.75, 3.05) is 24.4 Å². The summed E-state index contributed by atoms with van der Waals surface area (Å²) in [6, 6.07) is 20.1. The van der Waals surface area contributed by atoms with Gasteiger partial charge < -0.3 is 14.8 Å². The number of carbonyl (C=O) groups is 2. The molecule has 4 rings (SSSR count). The molecule has 0 radical (unpaired) electrons. The second kappa shape index (κ2) is 8.59. The lowest BCUT2D eigenvalue weighted by Gasteiger charge is -2.19. The number of hydrogen-bond donors (Lipinski definition) is 1. The first-order valence-electron chi connectivity index (χ1n) is 10.2. The fourth-order valence-electron chi connectivity index (χ4n) is 3.65. The van der Waals surface area contributed by atoms with Gasteiger partial charge in [0.05, 0.1) is 25.5 Å². The molecule has 6 nitrogen and oxygen atoms in total. The molecule has 0 fully saturated rings. The number of anilines is 2. The van der Waals surface area contributed by atoms with Crippen molar-refractivity contribution in [2.24, 2.45) is 0 Å². The zero-order valence-corrected chi connectivity index (χ0v) is 18.4. The Kier molecular flexibility index (Phi) is 5.69. The monoisotopic (exact) mass is 428 g/mol. The number of hydrogen-bond acceptors (Lipinski definition) is 5. The van der Waals surface area contributed by atoms with Crippen LogP contribution in [0.2, 0.25) is 0 Å². The highest BCUT2D eigenvalue weighted by molar-refractivity contribution is 6.46. The average Bonchev–Trinajstić information content (AvgIpc) is 3.04. The predicted molar refractivity (Wildman–Crippen MR) is 125 cm³/mol. The summed E-state index contributed by atoms with van der Waals surface area (Å²) in [6.45, 7) is 3.89. The topological polar surface area (TPSA) is 67.9 Å². The molecule has 1 N–H and O–H groups in total. The van der Waals surface area contributed by atoms with Crippen LogP contribution in [-0.2, 0) is 9.59 Å². The Bertz CT molecular complexity index is 1210. The van der Waals surface area contributed by atoms with Crippen LogP contribution in [-0.4, -0.2) is 26.0 Å². The van der Waals surface area contributed by atoms with Crippen LogP contribution in [0.5, 0.6) is 11.5 Å². The summed E-state index contributed by atoms with van der Waals surface area (Å²) in [6.07, 6.45) is 0. The zero-order valence-electron chi connectivity index (χ0n) is 18.4. The smallest absolute Gasteiger partial charge is 0.282 e. The summed E-state index contributed by atoms with van der Waals surface area (Å²) < 4.78 is 10.7. The number of rotatable bonds is 6. The lowest BCUT2D eigenvalue weighted by Crippen LogP contribution is -2.32. The summed E-state index contributed by atoms with van der Waals surface area (Å²) in [4.78, 5) is 28.4. The van der Waals surface area contributed by atoms with Crippen LogP contribution in [0, 0.1) is 13.8 Å². The number of aryl methyl sites for hydroxylation is 2. The van der Waals surface area contributed by atoms with Gasteiger partial charge in [0.25, 0.3) is 11.8 Å². The Balaban J connectivity index is 1.84. The molecule has 0 atom stereocenters. The Morgan fingerprint density at radius 1 is 0.750 bits per heavy atom. The van der Waals surface area contributed by atoms with Gasteiger partial charge in [-0.1, -0.05) is 35.9 Å². The predicted octanol–water partition coefficient (Wildman–Crippen LogP) is 4.72. The Labute approximate surface area is 187 Å². The van der Waals surface area contributed by atoms with Gasteiger partial charge in [0.2, 0.25) is 0 Å². The van der Waals surface area contributed by atoms with Crippen molar-refractivity contribution in [1.29, 1.82) is 0 Å². The van der Waals surface area contributed by atoms with Gasteiger partial charge in [-0.3, -0.25) is 9.59 Å².